The summed E-state index contributed by atoms with van der Waals surface area (Å²) in [5.41, 5.74) is 8.33. The van der Waals surface area contributed by atoms with Gasteiger partial charge in [-0.15, -0.1) is 0 Å². The molecule has 8 nitrogen and oxygen atoms in total. The Balaban J connectivity index is 2.18. The zero-order chi connectivity index (χ0) is 25.0. The van der Waals surface area contributed by atoms with Crippen LogP contribution >= 0.6 is 0 Å². The maximum Gasteiger partial charge on any atom is 0.441 e. The fraction of sp³-hybridized carbons (Fsp3) is 0.304. The molecule has 0 radical (unpaired) electrons. The average Bonchev–Trinajstić information content (AvgIpc) is 3.24. The summed E-state index contributed by atoms with van der Waals surface area (Å²) in [5, 5.41) is 2.97. The van der Waals surface area contributed by atoms with Crippen molar-refractivity contribution >= 4 is 23.4 Å². The number of halogens is 3. The lowest BCUT2D eigenvalue weighted by molar-refractivity contribution is -0.143. The van der Waals surface area contributed by atoms with E-state index >= 15 is 0 Å². The van der Waals surface area contributed by atoms with Crippen LogP contribution in [0.4, 0.5) is 13.2 Å². The molecule has 1 saturated heterocycles. The zero-order valence-electron chi connectivity index (χ0n) is 18.1. The second-order valence-electron chi connectivity index (χ2n) is 7.53. The Morgan fingerprint density at radius 1 is 0.941 bits per heavy atom. The van der Waals surface area contributed by atoms with Gasteiger partial charge in [0, 0.05) is 12.0 Å². The molecule has 178 valence electrons. The molecule has 11 heteroatoms. The molecule has 34 heavy (non-hydrogen) atoms. The van der Waals surface area contributed by atoms with Gasteiger partial charge in [-0.2, -0.15) is 18.0 Å². The highest BCUT2D eigenvalue weighted by atomic mass is 19.4. The van der Waals surface area contributed by atoms with Crippen LogP contribution in [0.15, 0.2) is 54.6 Å². The molecule has 1 aliphatic rings. The molecule has 1 N–H and O–H groups in total. The van der Waals surface area contributed by atoms with Crippen molar-refractivity contribution in [1.82, 2.24) is 5.32 Å². The first kappa shape index (κ1) is 24.8. The van der Waals surface area contributed by atoms with E-state index in [4.69, 9.17) is 4.74 Å². The number of rotatable bonds is 6. The highest BCUT2D eigenvalue weighted by Gasteiger charge is 2.55. The van der Waals surface area contributed by atoms with E-state index in [9.17, 15) is 33.1 Å². The Labute approximate surface area is 192 Å². The number of esters is 2. The van der Waals surface area contributed by atoms with Crippen molar-refractivity contribution in [3.05, 3.63) is 76.8 Å². The Hall–Kier alpha value is -3.82. The van der Waals surface area contributed by atoms with Crippen LogP contribution < -0.4 is 5.32 Å². The van der Waals surface area contributed by atoms with Gasteiger partial charge in [-0.3, -0.25) is 14.9 Å². The number of nitrogens with zero attached hydrogens (tertiary/aromatic N) is 2. The summed E-state index contributed by atoms with van der Waals surface area (Å²) in [6.07, 6.45) is -4.57. The largest absolute Gasteiger partial charge is 0.468 e. The minimum atomic E-state index is -4.57. The molecular formula is C23H20F3N3O5. The summed E-state index contributed by atoms with van der Waals surface area (Å²) in [5.74, 6) is -5.01. The molecule has 2 aromatic carbocycles. The van der Waals surface area contributed by atoms with Crippen LogP contribution in [0.2, 0.25) is 0 Å². The number of ketones is 1. The number of carbonyl (C=O) groups is 3. The third kappa shape index (κ3) is 4.75. The lowest BCUT2D eigenvalue weighted by Crippen LogP contribution is -2.38. The van der Waals surface area contributed by atoms with Crippen molar-refractivity contribution in [1.29, 1.82) is 0 Å². The van der Waals surface area contributed by atoms with E-state index in [2.05, 4.69) is 14.8 Å². The van der Waals surface area contributed by atoms with Gasteiger partial charge in [0.1, 0.15) is 6.04 Å². The molecule has 0 unspecified atom stereocenters. The second kappa shape index (κ2) is 9.98. The molecule has 0 bridgehead atoms. The van der Waals surface area contributed by atoms with Crippen LogP contribution in [-0.4, -0.2) is 48.5 Å². The molecule has 0 saturated carbocycles. The number of alkyl halides is 3. The quantitative estimate of drug-likeness (QED) is 0.226. The second-order valence-corrected chi connectivity index (χ2v) is 7.53. The molecule has 0 aliphatic carbocycles. The normalized spacial score (nSPS) is 21.9. The predicted octanol–water partition coefficient (Wildman–Crippen LogP) is 2.70. The number of methoxy groups -OCH3 is 2. The maximum atomic E-state index is 13.5. The van der Waals surface area contributed by atoms with Gasteiger partial charge in [0.2, 0.25) is 0 Å². The highest BCUT2D eigenvalue weighted by Crippen LogP contribution is 2.45. The van der Waals surface area contributed by atoms with Gasteiger partial charge in [-0.1, -0.05) is 42.5 Å². The summed E-state index contributed by atoms with van der Waals surface area (Å²) in [6, 6.07) is 10.3. The van der Waals surface area contributed by atoms with Crippen LogP contribution in [-0.2, 0) is 30.0 Å². The van der Waals surface area contributed by atoms with Crippen LogP contribution in [0, 0.1) is 5.92 Å². The van der Waals surface area contributed by atoms with Crippen molar-refractivity contribution < 1.29 is 41.8 Å². The van der Waals surface area contributed by atoms with Gasteiger partial charge < -0.3 is 15.0 Å². The fourth-order valence-corrected chi connectivity index (χ4v) is 4.17. The SMILES string of the molecule is COC(=O)C(=[N+]=[N-])C(=O)[C@H]1[C@H](c2ccccc2)[C@@H](C(=O)OC)N[C@H]1c1ccc(C(F)(F)F)cc1. The first-order valence-electron chi connectivity index (χ1n) is 10.0. The van der Waals surface area contributed by atoms with Gasteiger partial charge in [0.25, 0.3) is 5.78 Å². The molecule has 2 aromatic rings. The summed E-state index contributed by atoms with van der Waals surface area (Å²) in [4.78, 5) is 41.0. The van der Waals surface area contributed by atoms with E-state index in [0.717, 1.165) is 26.4 Å². The lowest BCUT2D eigenvalue weighted by Gasteiger charge is -2.23. The summed E-state index contributed by atoms with van der Waals surface area (Å²) in [7, 11) is 2.15. The molecule has 1 aliphatic heterocycles. The number of hydrogen-bond acceptors (Lipinski definition) is 6. The minimum absolute atomic E-state index is 0.251. The van der Waals surface area contributed by atoms with Crippen LogP contribution in [0.25, 0.3) is 5.53 Å². The van der Waals surface area contributed by atoms with Crippen LogP contribution in [0.1, 0.15) is 28.7 Å². The van der Waals surface area contributed by atoms with E-state index in [1.807, 2.05) is 0 Å². The average molecular weight is 475 g/mol. The van der Waals surface area contributed by atoms with Gasteiger partial charge in [-0.25, -0.2) is 4.79 Å². The first-order chi connectivity index (χ1) is 16.1. The monoisotopic (exact) mass is 475 g/mol. The topological polar surface area (TPSA) is 118 Å². The number of ether oxygens (including phenoxy) is 2. The van der Waals surface area contributed by atoms with Crippen molar-refractivity contribution in [3.8, 4) is 0 Å². The Morgan fingerprint density at radius 2 is 1.56 bits per heavy atom. The Bertz CT molecular complexity index is 1130. The van der Waals surface area contributed by atoms with Crippen molar-refractivity contribution in [3.63, 3.8) is 0 Å². The molecule has 4 atom stereocenters. The standard InChI is InChI=1S/C23H20F3N3O5/c1-33-21(31)18-15(12-6-4-3-5-7-12)16(20(30)19(29-27)22(32)34-2)17(28-18)13-8-10-14(11-9-13)23(24,25)26/h3-11,15-18,28H,1-2H3/t15-,16-,17-,18-/m0/s1. The van der Waals surface area contributed by atoms with Gasteiger partial charge in [0.05, 0.1) is 25.7 Å². The number of benzene rings is 2. The number of nitrogens with one attached hydrogen (secondary N) is 1. The summed E-state index contributed by atoms with van der Waals surface area (Å²) >= 11 is 0. The minimum Gasteiger partial charge on any atom is -0.468 e. The summed E-state index contributed by atoms with van der Waals surface area (Å²) < 4.78 is 48.6. The third-order valence-corrected chi connectivity index (χ3v) is 5.72. The van der Waals surface area contributed by atoms with Gasteiger partial charge in [0.15, 0.2) is 0 Å². The highest BCUT2D eigenvalue weighted by molar-refractivity contribution is 6.62. The van der Waals surface area contributed by atoms with Gasteiger partial charge in [-0.05, 0) is 23.3 Å². The lowest BCUT2D eigenvalue weighted by atomic mass is 9.76. The molecule has 3 rings (SSSR count). The van der Waals surface area contributed by atoms with E-state index in [1.165, 1.54) is 12.1 Å². The molecular weight excluding hydrogens is 455 g/mol. The van der Waals surface area contributed by atoms with Crippen molar-refractivity contribution in [2.24, 2.45) is 5.92 Å². The maximum absolute atomic E-state index is 13.5. The predicted molar refractivity (Wildman–Crippen MR) is 111 cm³/mol. The number of hydrogen-bond donors (Lipinski definition) is 1. The van der Waals surface area contributed by atoms with Crippen molar-refractivity contribution in [2.75, 3.05) is 14.2 Å². The first-order valence-corrected chi connectivity index (χ1v) is 10.0. The molecule has 0 amide bonds. The van der Waals surface area contributed by atoms with E-state index in [0.29, 0.717) is 5.56 Å². The van der Waals surface area contributed by atoms with Gasteiger partial charge >= 0.3 is 23.8 Å². The molecule has 0 aromatic heterocycles. The third-order valence-electron chi connectivity index (χ3n) is 5.72. The Kier molecular flexibility index (Phi) is 7.29. The van der Waals surface area contributed by atoms with E-state index in [1.54, 1.807) is 30.3 Å². The molecule has 0 spiro atoms. The van der Waals surface area contributed by atoms with E-state index < -0.39 is 59.1 Å². The molecule has 1 fully saturated rings. The number of carbonyl (C=O) groups excluding carboxylic acids is 3. The zero-order valence-corrected chi connectivity index (χ0v) is 18.1. The van der Waals surface area contributed by atoms with Crippen LogP contribution in [0.3, 0.4) is 0 Å². The Morgan fingerprint density at radius 3 is 2.06 bits per heavy atom. The smallest absolute Gasteiger partial charge is 0.441 e. The van der Waals surface area contributed by atoms with E-state index in [-0.39, 0.29) is 5.56 Å². The van der Waals surface area contributed by atoms with Crippen LogP contribution in [0.5, 0.6) is 0 Å². The van der Waals surface area contributed by atoms with Crippen molar-refractivity contribution in [2.45, 2.75) is 24.2 Å². The molecule has 1 heterocycles. The summed E-state index contributed by atoms with van der Waals surface area (Å²) in [6.45, 7) is 0. The fourth-order valence-electron chi connectivity index (χ4n) is 4.17. The number of Topliss-reactive ketones (excluding diaryl/α,β-unsaturated/α-hetero) is 1.